The first-order valence-electron chi connectivity index (χ1n) is 13.0. The Hall–Kier alpha value is -2.54. The van der Waals surface area contributed by atoms with E-state index in [9.17, 15) is 14.4 Å². The molecule has 1 aliphatic rings. The molecule has 0 bridgehead atoms. The van der Waals surface area contributed by atoms with Crippen LogP contribution < -0.4 is 5.32 Å². The molecule has 36 heavy (non-hydrogen) atoms. The number of benzene rings is 1. The van der Waals surface area contributed by atoms with Crippen LogP contribution in [0.4, 0.5) is 0 Å². The number of nitrogens with one attached hydrogen (secondary N) is 1. The van der Waals surface area contributed by atoms with Crippen LogP contribution in [0.5, 0.6) is 0 Å². The third kappa shape index (κ3) is 6.61. The van der Waals surface area contributed by atoms with Crippen LogP contribution in [-0.4, -0.2) is 40.1 Å². The predicted octanol–water partition coefficient (Wildman–Crippen LogP) is 5.95. The number of thiazole rings is 1. The molecule has 1 aromatic carbocycles. The molecular formula is C29H41N3O3S. The third-order valence-corrected chi connectivity index (χ3v) is 8.19. The number of Topliss-reactive ketones (excluding diaryl/α,β-unsaturated/α-hetero) is 1. The van der Waals surface area contributed by atoms with E-state index < -0.39 is 6.04 Å². The Morgan fingerprint density at radius 1 is 1.17 bits per heavy atom. The molecule has 1 aliphatic heterocycles. The van der Waals surface area contributed by atoms with Gasteiger partial charge < -0.3 is 15.0 Å². The molecule has 1 N–H and O–H groups in total. The van der Waals surface area contributed by atoms with Gasteiger partial charge in [-0.2, -0.15) is 0 Å². The van der Waals surface area contributed by atoms with Gasteiger partial charge in [0.25, 0.3) is 0 Å². The monoisotopic (exact) mass is 511 g/mol. The number of rotatable bonds is 9. The summed E-state index contributed by atoms with van der Waals surface area (Å²) in [6.07, 6.45) is 2.37. The maximum Gasteiger partial charge on any atom is 0.243 e. The van der Waals surface area contributed by atoms with Crippen molar-refractivity contribution in [3.63, 3.8) is 0 Å². The van der Waals surface area contributed by atoms with Gasteiger partial charge in [0.05, 0.1) is 22.1 Å². The summed E-state index contributed by atoms with van der Waals surface area (Å²) in [5.74, 6) is -0.121. The summed E-state index contributed by atoms with van der Waals surface area (Å²) in [5, 5.41) is 3.26. The van der Waals surface area contributed by atoms with Crippen molar-refractivity contribution in [1.29, 1.82) is 0 Å². The average Bonchev–Trinajstić information content (AvgIpc) is 3.45. The minimum absolute atomic E-state index is 0.00761. The van der Waals surface area contributed by atoms with Crippen LogP contribution in [0.3, 0.4) is 0 Å². The molecule has 2 amide bonds. The fourth-order valence-corrected chi connectivity index (χ4v) is 5.89. The van der Waals surface area contributed by atoms with E-state index in [1.54, 1.807) is 23.2 Å². The number of ketones is 1. The number of carbonyl (C=O) groups is 3. The van der Waals surface area contributed by atoms with Gasteiger partial charge in [-0.3, -0.25) is 9.59 Å². The highest BCUT2D eigenvalue weighted by atomic mass is 32.1. The summed E-state index contributed by atoms with van der Waals surface area (Å²) in [6, 6.07) is 7.71. The molecule has 0 aliphatic carbocycles. The fourth-order valence-electron chi connectivity index (χ4n) is 5.08. The van der Waals surface area contributed by atoms with E-state index in [2.05, 4.69) is 48.4 Å². The minimum atomic E-state index is -0.472. The summed E-state index contributed by atoms with van der Waals surface area (Å²) in [7, 11) is 0. The molecular weight excluding hydrogens is 470 g/mol. The number of amides is 2. The topological polar surface area (TPSA) is 79.4 Å². The van der Waals surface area contributed by atoms with E-state index in [0.717, 1.165) is 28.1 Å². The Morgan fingerprint density at radius 2 is 1.83 bits per heavy atom. The summed E-state index contributed by atoms with van der Waals surface area (Å²) in [4.78, 5) is 46.0. The molecule has 1 fully saturated rings. The van der Waals surface area contributed by atoms with Gasteiger partial charge in [-0.1, -0.05) is 58.9 Å². The molecule has 2 heterocycles. The van der Waals surface area contributed by atoms with E-state index in [1.165, 1.54) is 0 Å². The van der Waals surface area contributed by atoms with Crippen LogP contribution >= 0.6 is 11.3 Å². The maximum atomic E-state index is 13.6. The van der Waals surface area contributed by atoms with Gasteiger partial charge >= 0.3 is 0 Å². The summed E-state index contributed by atoms with van der Waals surface area (Å²) < 4.78 is 0. The number of aromatic nitrogens is 1. The normalized spacial score (nSPS) is 17.8. The Kier molecular flexibility index (Phi) is 9.09. The number of hydrogen-bond acceptors (Lipinski definition) is 5. The quantitative estimate of drug-likeness (QED) is 0.451. The molecule has 196 valence electrons. The zero-order valence-corrected chi connectivity index (χ0v) is 23.6. The zero-order chi connectivity index (χ0) is 26.6. The molecule has 0 radical (unpaired) electrons. The first kappa shape index (κ1) is 28.0. The summed E-state index contributed by atoms with van der Waals surface area (Å²) in [6.45, 7) is 14.5. The molecule has 2 aromatic rings. The Morgan fingerprint density at radius 3 is 2.36 bits per heavy atom. The Balaban J connectivity index is 1.76. The lowest BCUT2D eigenvalue weighted by Crippen LogP contribution is -2.50. The fraction of sp³-hybridized carbons (Fsp3) is 0.586. The summed E-state index contributed by atoms with van der Waals surface area (Å²) in [5.41, 5.74) is 4.76. The summed E-state index contributed by atoms with van der Waals surface area (Å²) >= 11 is 1.63. The van der Waals surface area contributed by atoms with Crippen molar-refractivity contribution in [2.24, 2.45) is 17.3 Å². The van der Waals surface area contributed by atoms with Gasteiger partial charge in [0.15, 0.2) is 0 Å². The van der Waals surface area contributed by atoms with Crippen LogP contribution in [0.1, 0.15) is 84.5 Å². The van der Waals surface area contributed by atoms with Crippen molar-refractivity contribution in [3.8, 4) is 10.4 Å². The number of nitrogens with zero attached hydrogens (tertiary/aromatic N) is 2. The Labute approximate surface area is 219 Å². The lowest BCUT2D eigenvalue weighted by Gasteiger charge is -2.35. The number of carbonyl (C=O) groups excluding carboxylic acids is 3. The molecule has 3 rings (SSSR count). The highest BCUT2D eigenvalue weighted by molar-refractivity contribution is 7.13. The van der Waals surface area contributed by atoms with Gasteiger partial charge in [-0.15, -0.1) is 11.3 Å². The number of aryl methyl sites for hydroxylation is 1. The van der Waals surface area contributed by atoms with Crippen LogP contribution in [0.2, 0.25) is 0 Å². The molecule has 3 atom stereocenters. The second-order valence-corrected chi connectivity index (χ2v) is 12.3. The molecule has 0 spiro atoms. The predicted molar refractivity (Wildman–Crippen MR) is 146 cm³/mol. The molecule has 1 saturated heterocycles. The van der Waals surface area contributed by atoms with Gasteiger partial charge in [-0.05, 0) is 55.6 Å². The molecule has 3 unspecified atom stereocenters. The zero-order valence-electron chi connectivity index (χ0n) is 22.8. The van der Waals surface area contributed by atoms with E-state index in [4.69, 9.17) is 0 Å². The third-order valence-electron chi connectivity index (χ3n) is 7.21. The van der Waals surface area contributed by atoms with E-state index in [1.807, 2.05) is 33.2 Å². The van der Waals surface area contributed by atoms with Crippen LogP contribution in [-0.2, 0) is 14.4 Å². The van der Waals surface area contributed by atoms with Crippen molar-refractivity contribution in [2.45, 2.75) is 86.2 Å². The van der Waals surface area contributed by atoms with Crippen molar-refractivity contribution >= 4 is 28.9 Å². The van der Waals surface area contributed by atoms with Gasteiger partial charge in [0.1, 0.15) is 11.8 Å². The van der Waals surface area contributed by atoms with Crippen molar-refractivity contribution in [3.05, 3.63) is 41.0 Å². The van der Waals surface area contributed by atoms with Gasteiger partial charge in [0.2, 0.25) is 11.8 Å². The molecule has 1 aromatic heterocycles. The van der Waals surface area contributed by atoms with Gasteiger partial charge in [0, 0.05) is 18.9 Å². The standard InChI is InChI=1S/C29H41N3O3S/c1-18(2)25(21-11-13-22(14-12-21)26-20(4)30-17-36-26)31-27(34)24-9-8-16-32(24)28(35)23(29(5,6)7)15-10-19(3)33/h11-14,17-18,23-25H,8-10,15-16H2,1-7H3,(H,31,34). The van der Waals surface area contributed by atoms with Crippen LogP contribution in [0.15, 0.2) is 29.8 Å². The maximum absolute atomic E-state index is 13.6. The number of likely N-dealkylation sites (tertiary alicyclic amines) is 1. The highest BCUT2D eigenvalue weighted by Gasteiger charge is 2.41. The molecule has 6 nitrogen and oxygen atoms in total. The second-order valence-electron chi connectivity index (χ2n) is 11.5. The average molecular weight is 512 g/mol. The van der Waals surface area contributed by atoms with Crippen molar-refractivity contribution in [1.82, 2.24) is 15.2 Å². The van der Waals surface area contributed by atoms with Crippen LogP contribution in [0.25, 0.3) is 10.4 Å². The lowest BCUT2D eigenvalue weighted by atomic mass is 9.76. The Bertz CT molecular complexity index is 1070. The number of hydrogen-bond donors (Lipinski definition) is 1. The van der Waals surface area contributed by atoms with E-state index in [0.29, 0.717) is 25.8 Å². The molecule has 0 saturated carbocycles. The first-order chi connectivity index (χ1) is 16.9. The molecule has 7 heteroatoms. The SMILES string of the molecule is CC(=O)CCC(C(=O)N1CCCC1C(=O)NC(c1ccc(-c2scnc2C)cc1)C(C)C)C(C)(C)C. The lowest BCUT2D eigenvalue weighted by molar-refractivity contribution is -0.145. The largest absolute Gasteiger partial charge is 0.347 e. The van der Waals surface area contributed by atoms with Crippen molar-refractivity contribution < 1.29 is 14.4 Å². The minimum Gasteiger partial charge on any atom is -0.347 e. The highest BCUT2D eigenvalue weighted by Crippen LogP contribution is 2.35. The van der Waals surface area contributed by atoms with Crippen LogP contribution in [0, 0.1) is 24.2 Å². The van der Waals surface area contributed by atoms with Gasteiger partial charge in [-0.25, -0.2) is 4.98 Å². The van der Waals surface area contributed by atoms with E-state index in [-0.39, 0.29) is 40.9 Å². The van der Waals surface area contributed by atoms with E-state index >= 15 is 0 Å². The second kappa shape index (κ2) is 11.7. The smallest absolute Gasteiger partial charge is 0.243 e. The first-order valence-corrected chi connectivity index (χ1v) is 13.9. The van der Waals surface area contributed by atoms with Crippen molar-refractivity contribution in [2.75, 3.05) is 6.54 Å².